The average Bonchev–Trinajstić information content (AvgIpc) is 2.23. The number of ether oxygens (including phenoxy) is 1. The van der Waals surface area contributed by atoms with Crippen LogP contribution in [-0.4, -0.2) is 46.1 Å². The van der Waals surface area contributed by atoms with Gasteiger partial charge in [0.2, 0.25) is 0 Å². The first-order chi connectivity index (χ1) is 8.29. The number of rotatable bonds is 0. The first-order valence-electron chi connectivity index (χ1n) is 6.63. The highest BCUT2D eigenvalue weighted by Gasteiger charge is 2.48. The number of piperidine rings is 2. The highest BCUT2D eigenvalue weighted by atomic mass is 19.1. The van der Waals surface area contributed by atoms with Gasteiger partial charge in [0.25, 0.3) is 0 Å². The number of fused-ring (bicyclic) bond motifs is 2. The Morgan fingerprint density at radius 2 is 2.06 bits per heavy atom. The molecule has 0 aliphatic carbocycles. The molecule has 1 amide bonds. The number of aliphatic hydroxyl groups is 1. The molecule has 2 saturated heterocycles. The van der Waals surface area contributed by atoms with E-state index in [0.29, 0.717) is 12.8 Å². The molecule has 1 N–H and O–H groups in total. The zero-order valence-corrected chi connectivity index (χ0v) is 11.2. The van der Waals surface area contributed by atoms with Crippen molar-refractivity contribution in [1.82, 2.24) is 4.90 Å². The average molecular weight is 259 g/mol. The second-order valence-electron chi connectivity index (χ2n) is 6.29. The van der Waals surface area contributed by atoms with Gasteiger partial charge in [0.1, 0.15) is 11.8 Å². The first-order valence-corrected chi connectivity index (χ1v) is 6.63. The van der Waals surface area contributed by atoms with E-state index in [1.807, 2.05) is 0 Å². The van der Waals surface area contributed by atoms with Gasteiger partial charge in [-0.25, -0.2) is 9.18 Å². The van der Waals surface area contributed by atoms with Gasteiger partial charge in [0.05, 0.1) is 12.1 Å². The molecule has 2 aliphatic heterocycles. The lowest BCUT2D eigenvalue weighted by atomic mass is 9.82. The van der Waals surface area contributed by atoms with Crippen molar-refractivity contribution in [2.75, 3.05) is 0 Å². The molecule has 2 aliphatic rings. The molecule has 0 aromatic carbocycles. The van der Waals surface area contributed by atoms with Crippen LogP contribution in [0.1, 0.15) is 46.5 Å². The van der Waals surface area contributed by atoms with Crippen molar-refractivity contribution < 1.29 is 19.0 Å². The van der Waals surface area contributed by atoms with E-state index in [4.69, 9.17) is 4.74 Å². The predicted molar refractivity (Wildman–Crippen MR) is 65.0 cm³/mol. The van der Waals surface area contributed by atoms with Crippen LogP contribution >= 0.6 is 0 Å². The fourth-order valence-electron chi connectivity index (χ4n) is 2.92. The Morgan fingerprint density at radius 3 is 2.67 bits per heavy atom. The monoisotopic (exact) mass is 259 g/mol. The number of aliphatic hydroxyl groups excluding tert-OH is 1. The topological polar surface area (TPSA) is 49.8 Å². The summed E-state index contributed by atoms with van der Waals surface area (Å²) in [4.78, 5) is 13.7. The van der Waals surface area contributed by atoms with Crippen LogP contribution in [0, 0.1) is 0 Å². The van der Waals surface area contributed by atoms with E-state index in [0.717, 1.165) is 12.8 Å². The molecule has 4 atom stereocenters. The second kappa shape index (κ2) is 4.68. The third-order valence-corrected chi connectivity index (χ3v) is 3.64. The highest BCUT2D eigenvalue weighted by molar-refractivity contribution is 5.69. The minimum atomic E-state index is -1.35. The van der Waals surface area contributed by atoms with Crippen LogP contribution in [0.3, 0.4) is 0 Å². The summed E-state index contributed by atoms with van der Waals surface area (Å²) in [5.74, 6) is 0. The van der Waals surface area contributed by atoms with Gasteiger partial charge in [-0.15, -0.1) is 0 Å². The fourth-order valence-corrected chi connectivity index (χ4v) is 2.92. The van der Waals surface area contributed by atoms with Crippen molar-refractivity contribution in [2.45, 2.75) is 76.4 Å². The minimum Gasteiger partial charge on any atom is -0.444 e. The molecule has 0 radical (unpaired) electrons. The van der Waals surface area contributed by atoms with Gasteiger partial charge >= 0.3 is 6.09 Å². The van der Waals surface area contributed by atoms with Crippen molar-refractivity contribution in [2.24, 2.45) is 0 Å². The van der Waals surface area contributed by atoms with Crippen LogP contribution in [-0.2, 0) is 4.74 Å². The standard InChI is InChI=1S/C13H22FNO3/c1-13(2,3)18-12(17)15-8-5-4-6-9(15)11(14)10(16)7-8/h8-11,16H,4-7H2,1-3H3/t8-,9+,10+,11-/m0/s1. The van der Waals surface area contributed by atoms with Crippen molar-refractivity contribution in [1.29, 1.82) is 0 Å². The van der Waals surface area contributed by atoms with Crippen LogP contribution in [0.2, 0.25) is 0 Å². The maximum atomic E-state index is 14.0. The van der Waals surface area contributed by atoms with E-state index in [9.17, 15) is 14.3 Å². The lowest BCUT2D eigenvalue weighted by Crippen LogP contribution is -2.62. The molecular formula is C13H22FNO3. The molecule has 0 aromatic rings. The van der Waals surface area contributed by atoms with Gasteiger partial charge in [-0.05, 0) is 46.5 Å². The van der Waals surface area contributed by atoms with Crippen LogP contribution < -0.4 is 0 Å². The normalized spacial score (nSPS) is 36.4. The van der Waals surface area contributed by atoms with Crippen LogP contribution in [0.4, 0.5) is 9.18 Å². The van der Waals surface area contributed by atoms with E-state index < -0.39 is 30.0 Å². The quantitative estimate of drug-likeness (QED) is 0.726. The van der Waals surface area contributed by atoms with Gasteiger partial charge < -0.3 is 9.84 Å². The lowest BCUT2D eigenvalue weighted by Gasteiger charge is -2.49. The smallest absolute Gasteiger partial charge is 0.410 e. The molecule has 0 aromatic heterocycles. The summed E-state index contributed by atoms with van der Waals surface area (Å²) in [5.41, 5.74) is -0.576. The van der Waals surface area contributed by atoms with Crippen LogP contribution in [0.5, 0.6) is 0 Å². The second-order valence-corrected chi connectivity index (χ2v) is 6.29. The zero-order valence-electron chi connectivity index (χ0n) is 11.2. The third kappa shape index (κ3) is 2.60. The predicted octanol–water partition coefficient (Wildman–Crippen LogP) is 2.25. The molecule has 18 heavy (non-hydrogen) atoms. The molecule has 0 spiro atoms. The summed E-state index contributed by atoms with van der Waals surface area (Å²) in [6.45, 7) is 5.39. The first kappa shape index (κ1) is 13.6. The Morgan fingerprint density at radius 1 is 1.39 bits per heavy atom. The summed E-state index contributed by atoms with van der Waals surface area (Å²) in [6.07, 6.45) is -0.105. The van der Waals surface area contributed by atoms with Gasteiger partial charge in [-0.2, -0.15) is 0 Å². The number of hydrogen-bond donors (Lipinski definition) is 1. The van der Waals surface area contributed by atoms with Gasteiger partial charge in [0, 0.05) is 6.04 Å². The number of carbonyl (C=O) groups is 1. The van der Waals surface area contributed by atoms with Gasteiger partial charge in [-0.1, -0.05) is 0 Å². The maximum Gasteiger partial charge on any atom is 0.410 e. The van der Waals surface area contributed by atoms with E-state index in [1.54, 1.807) is 20.8 Å². The van der Waals surface area contributed by atoms with Crippen LogP contribution in [0.25, 0.3) is 0 Å². The molecule has 0 unspecified atom stereocenters. The highest BCUT2D eigenvalue weighted by Crippen LogP contribution is 2.36. The SMILES string of the molecule is CC(C)(C)OC(=O)N1[C@H]2CCC[C@@H]1[C@H](F)[C@H](O)C2. The minimum absolute atomic E-state index is 0.0828. The van der Waals surface area contributed by atoms with Crippen molar-refractivity contribution in [3.8, 4) is 0 Å². The van der Waals surface area contributed by atoms with Crippen molar-refractivity contribution >= 4 is 6.09 Å². The number of alkyl halides is 1. The molecule has 2 heterocycles. The van der Waals surface area contributed by atoms with E-state index in [1.165, 1.54) is 4.90 Å². The summed E-state index contributed by atoms with van der Waals surface area (Å²) in [6, 6.07) is -0.608. The Balaban J connectivity index is 2.14. The molecule has 0 saturated carbocycles. The number of amides is 1. The molecule has 2 fully saturated rings. The maximum absolute atomic E-state index is 14.0. The lowest BCUT2D eigenvalue weighted by molar-refractivity contribution is -0.0865. The zero-order chi connectivity index (χ0) is 13.5. The summed E-state index contributed by atoms with van der Waals surface area (Å²) < 4.78 is 19.3. The Hall–Kier alpha value is -0.840. The van der Waals surface area contributed by atoms with Gasteiger partial charge in [0.15, 0.2) is 0 Å². The summed E-state index contributed by atoms with van der Waals surface area (Å²) >= 11 is 0. The van der Waals surface area contributed by atoms with Gasteiger partial charge in [-0.3, -0.25) is 4.90 Å². The Bertz CT molecular complexity index is 329. The Kier molecular flexibility index (Phi) is 3.54. The number of halogens is 1. The molecular weight excluding hydrogens is 237 g/mol. The summed E-state index contributed by atoms with van der Waals surface area (Å²) in [7, 11) is 0. The fraction of sp³-hybridized carbons (Fsp3) is 0.923. The largest absolute Gasteiger partial charge is 0.444 e. The van der Waals surface area contributed by atoms with Crippen molar-refractivity contribution in [3.05, 3.63) is 0 Å². The molecule has 2 bridgehead atoms. The number of hydrogen-bond acceptors (Lipinski definition) is 3. The van der Waals surface area contributed by atoms with E-state index >= 15 is 0 Å². The summed E-state index contributed by atoms with van der Waals surface area (Å²) in [5, 5.41) is 9.66. The van der Waals surface area contributed by atoms with E-state index in [-0.39, 0.29) is 6.04 Å². The van der Waals surface area contributed by atoms with Crippen LogP contribution in [0.15, 0.2) is 0 Å². The molecule has 4 nitrogen and oxygen atoms in total. The van der Waals surface area contributed by atoms with Crippen molar-refractivity contribution in [3.63, 3.8) is 0 Å². The Labute approximate surface area is 107 Å². The molecule has 104 valence electrons. The number of nitrogens with zero attached hydrogens (tertiary/aromatic N) is 1. The third-order valence-electron chi connectivity index (χ3n) is 3.64. The number of carbonyl (C=O) groups excluding carboxylic acids is 1. The van der Waals surface area contributed by atoms with E-state index in [2.05, 4.69) is 0 Å². The molecule has 5 heteroatoms. The molecule has 2 rings (SSSR count).